The van der Waals surface area contributed by atoms with Crippen molar-refractivity contribution >= 4 is 23.5 Å². The zero-order valence-electron chi connectivity index (χ0n) is 13.3. The van der Waals surface area contributed by atoms with E-state index in [1.165, 1.54) is 19.1 Å². The molecule has 0 aliphatic heterocycles. The molecule has 0 saturated heterocycles. The van der Waals surface area contributed by atoms with E-state index in [0.717, 1.165) is 25.3 Å². The number of carbonyl (C=O) groups excluding carboxylic acids is 2. The number of esters is 1. The van der Waals surface area contributed by atoms with E-state index >= 15 is 0 Å². The minimum absolute atomic E-state index is 0.0895. The third-order valence-electron chi connectivity index (χ3n) is 4.10. The lowest BCUT2D eigenvalue weighted by atomic mass is 9.83. The molecule has 128 valence electrons. The summed E-state index contributed by atoms with van der Waals surface area (Å²) < 4.78 is 18.7. The number of carbonyl (C=O) groups is 2. The summed E-state index contributed by atoms with van der Waals surface area (Å²) in [6.45, 7) is 1.37. The van der Waals surface area contributed by atoms with Gasteiger partial charge in [-0.1, -0.05) is 36.9 Å². The molecular weight excluding hydrogens is 335 g/mol. The summed E-state index contributed by atoms with van der Waals surface area (Å²) in [4.78, 5) is 24.3. The highest BCUT2D eigenvalue weighted by molar-refractivity contribution is 6.33. The molecule has 24 heavy (non-hydrogen) atoms. The van der Waals surface area contributed by atoms with Crippen molar-refractivity contribution in [2.24, 2.45) is 0 Å². The molecule has 5 nitrogen and oxygen atoms in total. The van der Waals surface area contributed by atoms with E-state index in [-0.39, 0.29) is 5.02 Å². The van der Waals surface area contributed by atoms with Gasteiger partial charge in [0.05, 0.1) is 11.1 Å². The maximum absolute atomic E-state index is 13.7. The van der Waals surface area contributed by atoms with Crippen LogP contribution in [-0.2, 0) is 9.53 Å². The van der Waals surface area contributed by atoms with Crippen LogP contribution in [0.1, 0.15) is 49.4 Å². The zero-order valence-corrected chi connectivity index (χ0v) is 14.0. The summed E-state index contributed by atoms with van der Waals surface area (Å²) >= 11 is 5.80. The number of nitrogens with zero attached hydrogens (tertiary/aromatic N) is 1. The van der Waals surface area contributed by atoms with Crippen molar-refractivity contribution in [3.05, 3.63) is 34.6 Å². The van der Waals surface area contributed by atoms with Gasteiger partial charge >= 0.3 is 5.97 Å². The van der Waals surface area contributed by atoms with Gasteiger partial charge in [-0.05, 0) is 31.9 Å². The Morgan fingerprint density at radius 1 is 1.38 bits per heavy atom. The lowest BCUT2D eigenvalue weighted by Crippen LogP contribution is -2.52. The van der Waals surface area contributed by atoms with Crippen LogP contribution >= 0.6 is 11.6 Å². The van der Waals surface area contributed by atoms with Gasteiger partial charge in [-0.2, -0.15) is 5.26 Å². The molecule has 1 aliphatic rings. The van der Waals surface area contributed by atoms with E-state index in [4.69, 9.17) is 16.3 Å². The van der Waals surface area contributed by atoms with Gasteiger partial charge in [0, 0.05) is 0 Å². The van der Waals surface area contributed by atoms with Crippen LogP contribution in [0.2, 0.25) is 5.02 Å². The fourth-order valence-electron chi connectivity index (χ4n) is 2.72. The van der Waals surface area contributed by atoms with Crippen LogP contribution in [0.15, 0.2) is 18.2 Å². The number of halogens is 2. The molecule has 1 atom stereocenters. The maximum atomic E-state index is 13.7. The summed E-state index contributed by atoms with van der Waals surface area (Å²) in [6.07, 6.45) is 2.69. The normalized spacial score (nSPS) is 17.4. The Balaban J connectivity index is 2.03. The molecule has 0 spiro atoms. The number of rotatable bonds is 4. The molecule has 1 saturated carbocycles. The average Bonchev–Trinajstić information content (AvgIpc) is 2.55. The predicted octanol–water partition coefficient (Wildman–Crippen LogP) is 3.37. The topological polar surface area (TPSA) is 79.2 Å². The highest BCUT2D eigenvalue weighted by atomic mass is 35.5. The molecule has 2 rings (SSSR count). The smallest absolute Gasteiger partial charge is 0.343 e. The minimum Gasteiger partial charge on any atom is -0.449 e. The molecule has 0 heterocycles. The number of hydrogen-bond donors (Lipinski definition) is 1. The molecule has 1 aliphatic carbocycles. The molecule has 7 heteroatoms. The standard InChI is InChI=1S/C17H18ClFN2O3/c1-11(15(22)21-17(10-20)8-3-2-4-9-17)24-16(23)14-12(18)6-5-7-13(14)19/h5-7,11H,2-4,8-9H2,1H3,(H,21,22)/t11-/m0/s1. The maximum Gasteiger partial charge on any atom is 0.343 e. The highest BCUT2D eigenvalue weighted by Gasteiger charge is 2.35. The second-order valence-corrected chi connectivity index (χ2v) is 6.30. The molecule has 1 N–H and O–H groups in total. The summed E-state index contributed by atoms with van der Waals surface area (Å²) in [7, 11) is 0. The van der Waals surface area contributed by atoms with E-state index < -0.39 is 34.9 Å². The third kappa shape index (κ3) is 4.04. The van der Waals surface area contributed by atoms with Gasteiger partial charge in [0.2, 0.25) is 0 Å². The van der Waals surface area contributed by atoms with Crippen LogP contribution in [0.4, 0.5) is 4.39 Å². The summed E-state index contributed by atoms with van der Waals surface area (Å²) in [5.41, 5.74) is -1.34. The predicted molar refractivity (Wildman–Crippen MR) is 85.9 cm³/mol. The summed E-state index contributed by atoms with van der Waals surface area (Å²) in [6, 6.07) is 5.96. The monoisotopic (exact) mass is 352 g/mol. The quantitative estimate of drug-likeness (QED) is 0.842. The van der Waals surface area contributed by atoms with Crippen LogP contribution in [0, 0.1) is 17.1 Å². The Morgan fingerprint density at radius 3 is 2.62 bits per heavy atom. The van der Waals surface area contributed by atoms with Crippen LogP contribution in [0.5, 0.6) is 0 Å². The summed E-state index contributed by atoms with van der Waals surface area (Å²) in [5, 5.41) is 11.9. The number of nitrogens with one attached hydrogen (secondary N) is 1. The number of nitriles is 1. The van der Waals surface area contributed by atoms with Crippen LogP contribution in [0.25, 0.3) is 0 Å². The second kappa shape index (κ2) is 7.63. The third-order valence-corrected chi connectivity index (χ3v) is 4.42. The first kappa shape index (κ1) is 18.2. The van der Waals surface area contributed by atoms with Crippen molar-refractivity contribution in [1.29, 1.82) is 5.26 Å². The molecular formula is C17H18ClFN2O3. The molecule has 0 radical (unpaired) electrons. The van der Waals surface area contributed by atoms with Gasteiger partial charge in [0.15, 0.2) is 6.10 Å². The van der Waals surface area contributed by atoms with E-state index in [0.29, 0.717) is 12.8 Å². The first-order valence-corrected chi connectivity index (χ1v) is 8.14. The van der Waals surface area contributed by atoms with E-state index in [2.05, 4.69) is 11.4 Å². The van der Waals surface area contributed by atoms with Gasteiger partial charge in [-0.25, -0.2) is 9.18 Å². The Labute approximate surface area is 144 Å². The SMILES string of the molecule is C[C@H](OC(=O)c1c(F)cccc1Cl)C(=O)NC1(C#N)CCCCC1. The fraction of sp³-hybridized carbons (Fsp3) is 0.471. The van der Waals surface area contributed by atoms with Crippen LogP contribution < -0.4 is 5.32 Å². The van der Waals surface area contributed by atoms with Crippen LogP contribution in [-0.4, -0.2) is 23.5 Å². The van der Waals surface area contributed by atoms with Crippen molar-refractivity contribution in [3.63, 3.8) is 0 Å². The number of benzene rings is 1. The molecule has 1 aromatic rings. The number of hydrogen-bond acceptors (Lipinski definition) is 4. The van der Waals surface area contributed by atoms with Gasteiger partial charge in [0.25, 0.3) is 5.91 Å². The van der Waals surface area contributed by atoms with Crippen molar-refractivity contribution in [3.8, 4) is 6.07 Å². The molecule has 1 aromatic carbocycles. The van der Waals surface area contributed by atoms with E-state index in [1.54, 1.807) is 0 Å². The molecule has 1 fully saturated rings. The number of ether oxygens (including phenoxy) is 1. The average molecular weight is 353 g/mol. The van der Waals surface area contributed by atoms with Crippen LogP contribution in [0.3, 0.4) is 0 Å². The Bertz CT molecular complexity index is 661. The van der Waals surface area contributed by atoms with Crippen molar-refractivity contribution in [2.75, 3.05) is 0 Å². The fourth-order valence-corrected chi connectivity index (χ4v) is 2.96. The first-order chi connectivity index (χ1) is 11.4. The van der Waals surface area contributed by atoms with Gasteiger partial charge < -0.3 is 10.1 Å². The molecule has 0 aromatic heterocycles. The van der Waals surface area contributed by atoms with Gasteiger partial charge in [-0.15, -0.1) is 0 Å². The lowest BCUT2D eigenvalue weighted by molar-refractivity contribution is -0.130. The lowest BCUT2D eigenvalue weighted by Gasteiger charge is -2.32. The zero-order chi connectivity index (χ0) is 17.7. The molecule has 1 amide bonds. The van der Waals surface area contributed by atoms with Crippen molar-refractivity contribution in [1.82, 2.24) is 5.32 Å². The highest BCUT2D eigenvalue weighted by Crippen LogP contribution is 2.28. The number of amides is 1. The Kier molecular flexibility index (Phi) is 5.79. The summed E-state index contributed by atoms with van der Waals surface area (Å²) in [5.74, 6) is -2.42. The molecule has 0 bridgehead atoms. The van der Waals surface area contributed by atoms with Gasteiger partial charge in [-0.3, -0.25) is 4.79 Å². The Hall–Kier alpha value is -2.13. The second-order valence-electron chi connectivity index (χ2n) is 5.89. The van der Waals surface area contributed by atoms with Gasteiger partial charge in [0.1, 0.15) is 16.9 Å². The van der Waals surface area contributed by atoms with Crippen molar-refractivity contribution in [2.45, 2.75) is 50.7 Å². The van der Waals surface area contributed by atoms with E-state index in [1.807, 2.05) is 0 Å². The first-order valence-electron chi connectivity index (χ1n) is 7.77. The van der Waals surface area contributed by atoms with Crippen molar-refractivity contribution < 1.29 is 18.7 Å². The van der Waals surface area contributed by atoms with E-state index in [9.17, 15) is 19.2 Å². The largest absolute Gasteiger partial charge is 0.449 e. The minimum atomic E-state index is -1.17. The molecule has 0 unspecified atom stereocenters. The Morgan fingerprint density at radius 2 is 2.04 bits per heavy atom.